The Morgan fingerprint density at radius 2 is 2.03 bits per heavy atom. The Morgan fingerprint density at radius 3 is 2.54 bits per heavy atom. The average Bonchev–Trinajstić information content (AvgIpc) is 2.86. The summed E-state index contributed by atoms with van der Waals surface area (Å²) in [6.45, 7) is -0.256. The fourth-order valence-corrected chi connectivity index (χ4v) is 5.67. The number of benzene rings is 1. The van der Waals surface area contributed by atoms with E-state index in [0.29, 0.717) is 18.0 Å². The molecule has 2 saturated carbocycles. The molecule has 4 N–H and O–H groups in total. The summed E-state index contributed by atoms with van der Waals surface area (Å²) in [6, 6.07) is 7.81. The van der Waals surface area contributed by atoms with Crippen molar-refractivity contribution in [2.45, 2.75) is 56.4 Å². The number of halogens is 1. The summed E-state index contributed by atoms with van der Waals surface area (Å²) in [5.41, 5.74) is 10.5. The first-order valence-corrected chi connectivity index (χ1v) is 13.6. The minimum absolute atomic E-state index is 0.241. The molecule has 1 heterocycles. The van der Waals surface area contributed by atoms with Crippen molar-refractivity contribution in [3.05, 3.63) is 64.4 Å². The van der Waals surface area contributed by atoms with Gasteiger partial charge in [0.1, 0.15) is 11.8 Å². The third-order valence-electron chi connectivity index (χ3n) is 7.89. The maximum absolute atomic E-state index is 12.1. The fourth-order valence-electron chi connectivity index (χ4n) is 5.39. The number of carbonyl (C=O) groups is 2. The highest BCUT2D eigenvalue weighted by molar-refractivity contribution is 9.11. The molecule has 1 aliphatic heterocycles. The van der Waals surface area contributed by atoms with Crippen LogP contribution in [0.3, 0.4) is 0 Å². The number of hydrogen-bond acceptors (Lipinski definition) is 7. The second kappa shape index (κ2) is 12.6. The van der Waals surface area contributed by atoms with Gasteiger partial charge in [-0.15, -0.1) is 0 Å². The van der Waals surface area contributed by atoms with Gasteiger partial charge in [-0.3, -0.25) is 14.5 Å². The number of aliphatic hydroxyl groups is 1. The van der Waals surface area contributed by atoms with Gasteiger partial charge >= 0.3 is 0 Å². The number of ether oxygens (including phenoxy) is 1. The van der Waals surface area contributed by atoms with E-state index in [1.165, 1.54) is 66.9 Å². The van der Waals surface area contributed by atoms with E-state index in [1.54, 1.807) is 6.20 Å². The Kier molecular flexibility index (Phi) is 9.28. The summed E-state index contributed by atoms with van der Waals surface area (Å²) in [5, 5.41) is 19.1. The molecular weight excluding hydrogens is 538 g/mol. The molecule has 4 rings (SSSR count). The number of likely N-dealkylation sites (N-methyl/N-ethyl adjacent to an activating group) is 1. The molecule has 198 valence electrons. The minimum Gasteiger partial charge on any atom is -0.394 e. The van der Waals surface area contributed by atoms with Crippen LogP contribution in [0.5, 0.6) is 0 Å². The van der Waals surface area contributed by atoms with E-state index < -0.39 is 18.4 Å². The SMILES string of the molecule is CNC(=O)C(=C\N(C=O)C1OC(CO)[C@@H]1N/C=C(\N=N)c1ccc(C2CCC2C2CCC2)cc1)/C=C/Br. The van der Waals surface area contributed by atoms with Gasteiger partial charge in [-0.1, -0.05) is 59.5 Å². The van der Waals surface area contributed by atoms with Crippen molar-refractivity contribution in [3.8, 4) is 0 Å². The molecule has 0 spiro atoms. The zero-order chi connectivity index (χ0) is 26.4. The van der Waals surface area contributed by atoms with Gasteiger partial charge in [0, 0.05) is 25.0 Å². The van der Waals surface area contributed by atoms with Crippen LogP contribution >= 0.6 is 15.9 Å². The normalized spacial score (nSPS) is 28.0. The van der Waals surface area contributed by atoms with Crippen molar-refractivity contribution in [2.24, 2.45) is 17.0 Å². The summed E-state index contributed by atoms with van der Waals surface area (Å²) >= 11 is 3.14. The molecule has 1 aromatic carbocycles. The Labute approximate surface area is 225 Å². The summed E-state index contributed by atoms with van der Waals surface area (Å²) < 4.78 is 5.69. The Balaban J connectivity index is 1.46. The van der Waals surface area contributed by atoms with Crippen molar-refractivity contribution in [1.29, 1.82) is 5.53 Å². The standard InChI is InChI=1S/C27H34BrN5O4/c1-30-26(36)20(11-12-28)14-33(16-35)27-25(24(15-34)37-27)31-13-23(32-29)19-7-5-18(6-8-19)22-10-9-21(22)17-3-2-4-17/h5-8,11-14,16-17,21-22,24-25,27,29,31,34H,2-4,9-10,15H2,1H3,(H,30,36)/b12-11+,20-14-,23-13-,32-29?/t21?,22?,24?,25-,27?/m0/s1. The minimum atomic E-state index is -0.759. The first kappa shape index (κ1) is 27.2. The predicted octanol–water partition coefficient (Wildman–Crippen LogP) is 3.98. The van der Waals surface area contributed by atoms with E-state index in [4.69, 9.17) is 10.3 Å². The molecular formula is C27H34BrN5O4. The van der Waals surface area contributed by atoms with Crippen LogP contribution in [0.1, 0.15) is 49.1 Å². The molecule has 37 heavy (non-hydrogen) atoms. The van der Waals surface area contributed by atoms with Gasteiger partial charge in [-0.2, -0.15) is 5.11 Å². The molecule has 0 radical (unpaired) electrons. The summed E-state index contributed by atoms with van der Waals surface area (Å²) in [4.78, 5) is 26.7. The van der Waals surface area contributed by atoms with Crippen molar-refractivity contribution < 1.29 is 19.4 Å². The maximum atomic E-state index is 12.1. The van der Waals surface area contributed by atoms with Crippen molar-refractivity contribution in [3.63, 3.8) is 0 Å². The highest BCUT2D eigenvalue weighted by atomic mass is 79.9. The van der Waals surface area contributed by atoms with Crippen LogP contribution in [-0.2, 0) is 14.3 Å². The highest BCUT2D eigenvalue weighted by Gasteiger charge is 2.45. The molecule has 0 aromatic heterocycles. The highest BCUT2D eigenvalue weighted by Crippen LogP contribution is 2.52. The first-order valence-electron chi connectivity index (χ1n) is 12.7. The Hall–Kier alpha value is -2.82. The Morgan fingerprint density at radius 1 is 1.27 bits per heavy atom. The lowest BCUT2D eigenvalue weighted by molar-refractivity contribution is -0.215. The zero-order valence-corrected chi connectivity index (χ0v) is 22.4. The largest absolute Gasteiger partial charge is 0.394 e. The van der Waals surface area contributed by atoms with Crippen LogP contribution in [-0.4, -0.2) is 54.4 Å². The second-order valence-corrected chi connectivity index (χ2v) is 10.3. The van der Waals surface area contributed by atoms with E-state index in [0.717, 1.165) is 17.4 Å². The van der Waals surface area contributed by atoms with E-state index in [9.17, 15) is 14.7 Å². The number of nitrogens with zero attached hydrogens (tertiary/aromatic N) is 2. The van der Waals surface area contributed by atoms with Crippen LogP contribution in [0.4, 0.5) is 0 Å². The number of rotatable bonds is 12. The Bertz CT molecular complexity index is 1070. The monoisotopic (exact) mass is 571 g/mol. The molecule has 2 aliphatic carbocycles. The van der Waals surface area contributed by atoms with Crippen molar-refractivity contribution >= 4 is 33.9 Å². The molecule has 9 nitrogen and oxygen atoms in total. The lowest BCUT2D eigenvalue weighted by Gasteiger charge is -2.47. The molecule has 1 saturated heterocycles. The average molecular weight is 573 g/mol. The number of nitrogens with one attached hydrogen (secondary N) is 3. The van der Waals surface area contributed by atoms with Crippen LogP contribution in [0.15, 0.2) is 58.4 Å². The second-order valence-electron chi connectivity index (χ2n) is 9.75. The summed E-state index contributed by atoms with van der Waals surface area (Å²) in [6.07, 6.45) is 10.4. The molecule has 4 unspecified atom stereocenters. The van der Waals surface area contributed by atoms with Gasteiger partial charge in [-0.05, 0) is 47.2 Å². The molecule has 1 aromatic rings. The third kappa shape index (κ3) is 5.86. The van der Waals surface area contributed by atoms with Crippen LogP contribution in [0, 0.1) is 17.4 Å². The van der Waals surface area contributed by atoms with Gasteiger partial charge in [0.25, 0.3) is 5.91 Å². The number of carbonyl (C=O) groups excluding carboxylic acids is 2. The molecule has 10 heteroatoms. The lowest BCUT2D eigenvalue weighted by Crippen LogP contribution is -2.66. The number of hydrogen-bond donors (Lipinski definition) is 4. The van der Waals surface area contributed by atoms with E-state index in [1.807, 2.05) is 12.1 Å². The topological polar surface area (TPSA) is 127 Å². The van der Waals surface area contributed by atoms with E-state index in [2.05, 4.69) is 43.8 Å². The summed E-state index contributed by atoms with van der Waals surface area (Å²) in [5.74, 6) is 1.97. The maximum Gasteiger partial charge on any atom is 0.252 e. The lowest BCUT2D eigenvalue weighted by atomic mass is 9.59. The van der Waals surface area contributed by atoms with E-state index in [-0.39, 0.29) is 18.1 Å². The third-order valence-corrected chi connectivity index (χ3v) is 8.15. The number of amides is 2. The predicted molar refractivity (Wildman–Crippen MR) is 143 cm³/mol. The molecule has 3 aliphatic rings. The van der Waals surface area contributed by atoms with Crippen LogP contribution in [0.2, 0.25) is 0 Å². The molecule has 2 amide bonds. The van der Waals surface area contributed by atoms with Gasteiger partial charge in [0.05, 0.1) is 18.2 Å². The van der Waals surface area contributed by atoms with Gasteiger partial charge in [0.2, 0.25) is 6.41 Å². The van der Waals surface area contributed by atoms with Gasteiger partial charge in [-0.25, -0.2) is 5.53 Å². The van der Waals surface area contributed by atoms with Crippen molar-refractivity contribution in [1.82, 2.24) is 15.5 Å². The zero-order valence-electron chi connectivity index (χ0n) is 20.8. The fraction of sp³-hybridized carbons (Fsp3) is 0.481. The molecule has 5 atom stereocenters. The first-order chi connectivity index (χ1) is 18.0. The van der Waals surface area contributed by atoms with Crippen LogP contribution in [0.25, 0.3) is 5.70 Å². The smallest absolute Gasteiger partial charge is 0.252 e. The van der Waals surface area contributed by atoms with Crippen LogP contribution < -0.4 is 10.6 Å². The van der Waals surface area contributed by atoms with E-state index >= 15 is 0 Å². The van der Waals surface area contributed by atoms with Gasteiger partial charge in [0.15, 0.2) is 6.23 Å². The quantitative estimate of drug-likeness (QED) is 0.130. The summed E-state index contributed by atoms with van der Waals surface area (Å²) in [7, 11) is 1.50. The number of aliphatic hydroxyl groups excluding tert-OH is 1. The molecule has 0 bridgehead atoms. The van der Waals surface area contributed by atoms with Gasteiger partial charge < -0.3 is 20.5 Å². The molecule has 3 fully saturated rings. The van der Waals surface area contributed by atoms with Crippen molar-refractivity contribution in [2.75, 3.05) is 13.7 Å².